The van der Waals surface area contributed by atoms with E-state index in [1.54, 1.807) is 36.1 Å². The summed E-state index contributed by atoms with van der Waals surface area (Å²) < 4.78 is 28.6. The van der Waals surface area contributed by atoms with Crippen LogP contribution in [0.5, 0.6) is 5.75 Å². The number of benzene rings is 2. The van der Waals surface area contributed by atoms with Crippen molar-refractivity contribution in [2.24, 2.45) is 11.1 Å². The molecule has 1 fully saturated rings. The number of nitrogens with one attached hydrogen (secondary N) is 1. The molecule has 1 aliphatic heterocycles. The van der Waals surface area contributed by atoms with Crippen LogP contribution in [0.3, 0.4) is 0 Å². The molecular formula is C22H27N3O5S. The third-order valence-electron chi connectivity index (χ3n) is 5.37. The predicted molar refractivity (Wildman–Crippen MR) is 116 cm³/mol. The molecule has 3 N–H and O–H groups in total. The summed E-state index contributed by atoms with van der Waals surface area (Å²) in [4.78, 5) is 26.8. The first-order chi connectivity index (χ1) is 14.7. The summed E-state index contributed by atoms with van der Waals surface area (Å²) in [5.74, 6) is 0.227. The van der Waals surface area contributed by atoms with Crippen LogP contribution >= 0.6 is 0 Å². The molecule has 31 heavy (non-hydrogen) atoms. The van der Waals surface area contributed by atoms with Gasteiger partial charge in [0.2, 0.25) is 15.9 Å². The third-order valence-corrected chi connectivity index (χ3v) is 6.28. The summed E-state index contributed by atoms with van der Waals surface area (Å²) in [7, 11) is -3.81. The van der Waals surface area contributed by atoms with Gasteiger partial charge in [-0.25, -0.2) is 13.6 Å². The molecule has 2 aromatic rings. The first-order valence-electron chi connectivity index (χ1n) is 10.1. The molecule has 3 rings (SSSR count). The van der Waals surface area contributed by atoms with Gasteiger partial charge >= 0.3 is 0 Å². The molecule has 8 nitrogen and oxygen atoms in total. The molecule has 0 aliphatic carbocycles. The van der Waals surface area contributed by atoms with E-state index in [-0.39, 0.29) is 35.3 Å². The fourth-order valence-electron chi connectivity index (χ4n) is 3.52. The van der Waals surface area contributed by atoms with Crippen LogP contribution < -0.4 is 15.2 Å². The Balaban J connectivity index is 1.48. The summed E-state index contributed by atoms with van der Waals surface area (Å²) in [6, 6.07) is 15.0. The molecule has 2 amide bonds. The van der Waals surface area contributed by atoms with Crippen LogP contribution in [0.2, 0.25) is 0 Å². The first-order valence-corrected chi connectivity index (χ1v) is 11.7. The molecule has 1 unspecified atom stereocenters. The molecule has 1 saturated heterocycles. The van der Waals surface area contributed by atoms with Gasteiger partial charge in [0.25, 0.3) is 5.91 Å². The second kappa shape index (κ2) is 9.93. The summed E-state index contributed by atoms with van der Waals surface area (Å²) in [6.07, 6.45) is 1.12. The van der Waals surface area contributed by atoms with Gasteiger partial charge in [-0.2, -0.15) is 0 Å². The van der Waals surface area contributed by atoms with Gasteiger partial charge in [-0.3, -0.25) is 9.59 Å². The summed E-state index contributed by atoms with van der Waals surface area (Å²) >= 11 is 0. The SMILES string of the molecule is CC(NC(=O)C1CCN(C(=O)COc2ccccc2)CC1)c1cccc(S(N)(=O)=O)c1. The van der Waals surface area contributed by atoms with Crippen molar-refractivity contribution in [3.63, 3.8) is 0 Å². The van der Waals surface area contributed by atoms with E-state index in [0.29, 0.717) is 37.2 Å². The zero-order valence-electron chi connectivity index (χ0n) is 17.4. The van der Waals surface area contributed by atoms with Gasteiger partial charge in [-0.1, -0.05) is 30.3 Å². The average molecular weight is 446 g/mol. The van der Waals surface area contributed by atoms with Crippen molar-refractivity contribution >= 4 is 21.8 Å². The second-order valence-electron chi connectivity index (χ2n) is 7.60. The minimum Gasteiger partial charge on any atom is -0.484 e. The van der Waals surface area contributed by atoms with Crippen LogP contribution in [0, 0.1) is 5.92 Å². The van der Waals surface area contributed by atoms with E-state index in [1.165, 1.54) is 12.1 Å². The molecule has 1 atom stereocenters. The standard InChI is InChI=1S/C22H27N3O5S/c1-16(18-6-5-9-20(14-18)31(23,28)29)24-22(27)17-10-12-25(13-11-17)21(26)15-30-19-7-3-2-4-8-19/h2-9,14,16-17H,10-13,15H2,1H3,(H,24,27)(H2,23,28,29). The average Bonchev–Trinajstić information content (AvgIpc) is 2.77. The second-order valence-corrected chi connectivity index (χ2v) is 9.17. The Hall–Kier alpha value is -2.91. The van der Waals surface area contributed by atoms with E-state index in [2.05, 4.69) is 5.32 Å². The Labute approximate surface area is 182 Å². The lowest BCUT2D eigenvalue weighted by atomic mass is 9.95. The molecule has 9 heteroatoms. The van der Waals surface area contributed by atoms with E-state index in [1.807, 2.05) is 18.2 Å². The summed E-state index contributed by atoms with van der Waals surface area (Å²) in [5.41, 5.74) is 0.658. The number of carbonyl (C=O) groups is 2. The maximum atomic E-state index is 12.7. The van der Waals surface area contributed by atoms with Gasteiger partial charge in [0.1, 0.15) is 5.75 Å². The molecule has 1 aliphatic rings. The number of primary sulfonamides is 1. The van der Waals surface area contributed by atoms with E-state index in [0.717, 1.165) is 0 Å². The molecule has 0 aromatic heterocycles. The lowest BCUT2D eigenvalue weighted by molar-refractivity contribution is -0.137. The number of hydrogen-bond acceptors (Lipinski definition) is 5. The largest absolute Gasteiger partial charge is 0.484 e. The van der Waals surface area contributed by atoms with Gasteiger partial charge in [-0.15, -0.1) is 0 Å². The molecule has 166 valence electrons. The molecule has 0 bridgehead atoms. The molecule has 0 saturated carbocycles. The first kappa shape index (κ1) is 22.8. The Morgan fingerprint density at radius 3 is 2.45 bits per heavy atom. The van der Waals surface area contributed by atoms with Crippen molar-refractivity contribution in [2.45, 2.75) is 30.7 Å². The van der Waals surface area contributed by atoms with Gasteiger partial charge in [0.05, 0.1) is 10.9 Å². The number of piperidine rings is 1. The zero-order valence-corrected chi connectivity index (χ0v) is 18.2. The van der Waals surface area contributed by atoms with Crippen LogP contribution in [0.4, 0.5) is 0 Å². The topological polar surface area (TPSA) is 119 Å². The quantitative estimate of drug-likeness (QED) is 0.674. The predicted octanol–water partition coefficient (Wildman–Crippen LogP) is 1.83. The van der Waals surface area contributed by atoms with Crippen LogP contribution in [-0.2, 0) is 19.6 Å². The fraction of sp³-hybridized carbons (Fsp3) is 0.364. The van der Waals surface area contributed by atoms with Crippen LogP contribution in [0.1, 0.15) is 31.4 Å². The lowest BCUT2D eigenvalue weighted by Gasteiger charge is -2.32. The molecule has 1 heterocycles. The van der Waals surface area contributed by atoms with Crippen molar-refractivity contribution < 1.29 is 22.7 Å². The minimum atomic E-state index is -3.81. The van der Waals surface area contributed by atoms with E-state index >= 15 is 0 Å². The third kappa shape index (κ3) is 6.28. The highest BCUT2D eigenvalue weighted by Gasteiger charge is 2.28. The summed E-state index contributed by atoms with van der Waals surface area (Å²) in [5, 5.41) is 8.11. The number of para-hydroxylation sites is 1. The normalized spacial score (nSPS) is 15.9. The Morgan fingerprint density at radius 1 is 1.13 bits per heavy atom. The Morgan fingerprint density at radius 2 is 1.81 bits per heavy atom. The van der Waals surface area contributed by atoms with Gasteiger partial charge < -0.3 is 15.0 Å². The number of sulfonamides is 1. The molecule has 2 aromatic carbocycles. The van der Waals surface area contributed by atoms with Crippen molar-refractivity contribution in [3.8, 4) is 5.75 Å². The Bertz CT molecular complexity index is 1020. The number of nitrogens with zero attached hydrogens (tertiary/aromatic N) is 1. The lowest BCUT2D eigenvalue weighted by Crippen LogP contribution is -2.44. The molecule has 0 radical (unpaired) electrons. The number of hydrogen-bond donors (Lipinski definition) is 2. The van der Waals surface area contributed by atoms with E-state index in [9.17, 15) is 18.0 Å². The molecular weight excluding hydrogens is 418 g/mol. The van der Waals surface area contributed by atoms with Crippen LogP contribution in [0.15, 0.2) is 59.5 Å². The van der Waals surface area contributed by atoms with Crippen molar-refractivity contribution in [3.05, 3.63) is 60.2 Å². The maximum Gasteiger partial charge on any atom is 0.260 e. The van der Waals surface area contributed by atoms with Crippen molar-refractivity contribution in [1.82, 2.24) is 10.2 Å². The number of nitrogens with two attached hydrogens (primary N) is 1. The highest BCUT2D eigenvalue weighted by molar-refractivity contribution is 7.89. The number of carbonyl (C=O) groups excluding carboxylic acids is 2. The summed E-state index contributed by atoms with van der Waals surface area (Å²) in [6.45, 7) is 2.74. The number of ether oxygens (including phenoxy) is 1. The zero-order chi connectivity index (χ0) is 22.4. The highest BCUT2D eigenvalue weighted by atomic mass is 32.2. The maximum absolute atomic E-state index is 12.7. The van der Waals surface area contributed by atoms with Gasteiger partial charge in [0.15, 0.2) is 6.61 Å². The van der Waals surface area contributed by atoms with Crippen molar-refractivity contribution in [2.75, 3.05) is 19.7 Å². The highest BCUT2D eigenvalue weighted by Crippen LogP contribution is 2.21. The number of amides is 2. The molecule has 0 spiro atoms. The van der Waals surface area contributed by atoms with Gasteiger partial charge in [-0.05, 0) is 49.6 Å². The number of rotatable bonds is 7. The smallest absolute Gasteiger partial charge is 0.260 e. The van der Waals surface area contributed by atoms with Crippen molar-refractivity contribution in [1.29, 1.82) is 0 Å². The number of likely N-dealkylation sites (tertiary alicyclic amines) is 1. The monoisotopic (exact) mass is 445 g/mol. The van der Waals surface area contributed by atoms with E-state index < -0.39 is 10.0 Å². The fourth-order valence-corrected chi connectivity index (χ4v) is 4.09. The van der Waals surface area contributed by atoms with E-state index in [4.69, 9.17) is 9.88 Å². The minimum absolute atomic E-state index is 0.00985. The Kier molecular flexibility index (Phi) is 7.29. The van der Waals surface area contributed by atoms with Crippen LogP contribution in [-0.4, -0.2) is 44.8 Å². The van der Waals surface area contributed by atoms with Crippen LogP contribution in [0.25, 0.3) is 0 Å². The van der Waals surface area contributed by atoms with Gasteiger partial charge in [0, 0.05) is 19.0 Å².